The van der Waals surface area contributed by atoms with Crippen molar-refractivity contribution in [1.82, 2.24) is 15.6 Å². The average Bonchev–Trinajstić information content (AvgIpc) is 2.33. The van der Waals surface area contributed by atoms with E-state index < -0.39 is 0 Å². The lowest BCUT2D eigenvalue weighted by atomic mass is 10.3. The molecule has 1 saturated heterocycles. The molecule has 0 spiro atoms. The fourth-order valence-electron chi connectivity index (χ4n) is 1.08. The second-order valence-electron chi connectivity index (χ2n) is 2.32. The fourth-order valence-corrected chi connectivity index (χ4v) is 1.08. The lowest BCUT2D eigenvalue weighted by Crippen LogP contribution is -2.50. The molecule has 2 aliphatic rings. The number of carbonyl (C=O) groups excluding carboxylic acids is 1. The summed E-state index contributed by atoms with van der Waals surface area (Å²) in [5, 5.41) is 6.67. The second kappa shape index (κ2) is 1.86. The second-order valence-corrected chi connectivity index (χ2v) is 2.32. The highest BCUT2D eigenvalue weighted by molar-refractivity contribution is 5.95. The molecule has 0 atom stereocenters. The van der Waals surface area contributed by atoms with Crippen molar-refractivity contribution in [3.8, 4) is 0 Å². The number of hydrogen-bond acceptors (Lipinski definition) is 4. The maximum atomic E-state index is 10.8. The van der Waals surface area contributed by atoms with Gasteiger partial charge in [0.15, 0.2) is 0 Å². The molecular weight excluding hydrogens is 132 g/mol. The molecule has 1 amide bonds. The Balaban J connectivity index is 2.13. The lowest BCUT2D eigenvalue weighted by molar-refractivity contribution is -0.121. The summed E-state index contributed by atoms with van der Waals surface area (Å²) >= 11 is 0. The molecule has 0 aromatic carbocycles. The average molecular weight is 140 g/mol. The number of amidine groups is 1. The number of nitrogens with one attached hydrogen (secondary N) is 2. The zero-order valence-corrected chi connectivity index (χ0v) is 5.42. The van der Waals surface area contributed by atoms with Gasteiger partial charge >= 0.3 is 0 Å². The summed E-state index contributed by atoms with van der Waals surface area (Å²) in [4.78, 5) is 12.7. The van der Waals surface area contributed by atoms with Crippen LogP contribution in [0.3, 0.4) is 0 Å². The zero-order chi connectivity index (χ0) is 6.97. The van der Waals surface area contributed by atoms with Gasteiger partial charge in [-0.1, -0.05) is 0 Å². The molecule has 2 heterocycles. The quantitative estimate of drug-likeness (QED) is 0.421. The van der Waals surface area contributed by atoms with Crippen LogP contribution < -0.4 is 10.7 Å². The van der Waals surface area contributed by atoms with Crippen LogP contribution in [0.5, 0.6) is 0 Å². The maximum Gasteiger partial charge on any atom is 0.240 e. The largest absolute Gasteiger partial charge is 0.347 e. The Morgan fingerprint density at radius 1 is 1.60 bits per heavy atom. The summed E-state index contributed by atoms with van der Waals surface area (Å²) in [6.07, 6.45) is 0. The summed E-state index contributed by atoms with van der Waals surface area (Å²) in [6.45, 7) is 1.67. The van der Waals surface area contributed by atoms with Crippen LogP contribution in [0.15, 0.2) is 5.10 Å². The summed E-state index contributed by atoms with van der Waals surface area (Å²) in [5.41, 5.74) is 2.81. The molecule has 0 saturated carbocycles. The lowest BCUT2D eigenvalue weighted by Gasteiger charge is -2.23. The van der Waals surface area contributed by atoms with E-state index in [1.54, 1.807) is 0 Å². The highest BCUT2D eigenvalue weighted by Gasteiger charge is 2.23. The van der Waals surface area contributed by atoms with Crippen molar-refractivity contribution in [1.29, 1.82) is 0 Å². The minimum absolute atomic E-state index is 0.0719. The summed E-state index contributed by atoms with van der Waals surface area (Å²) in [6, 6.07) is 0. The van der Waals surface area contributed by atoms with Gasteiger partial charge in [-0.2, -0.15) is 5.10 Å². The summed E-state index contributed by atoms with van der Waals surface area (Å²) < 4.78 is 0. The number of hydrazone groups is 1. The van der Waals surface area contributed by atoms with Crippen LogP contribution in [0, 0.1) is 0 Å². The number of hydrogen-bond donors (Lipinski definition) is 2. The molecule has 0 bridgehead atoms. The third-order valence-electron chi connectivity index (χ3n) is 1.61. The molecule has 5 heteroatoms. The Morgan fingerprint density at radius 3 is 3.40 bits per heavy atom. The van der Waals surface area contributed by atoms with Gasteiger partial charge in [-0.05, 0) is 0 Å². The maximum absolute atomic E-state index is 10.8. The van der Waals surface area contributed by atoms with Gasteiger partial charge < -0.3 is 10.2 Å². The molecule has 5 nitrogen and oxygen atoms in total. The number of rotatable bonds is 0. The van der Waals surface area contributed by atoms with Gasteiger partial charge in [-0.25, -0.2) is 0 Å². The molecule has 0 radical (unpaired) electrons. The molecule has 2 aliphatic heterocycles. The van der Waals surface area contributed by atoms with E-state index in [-0.39, 0.29) is 5.91 Å². The van der Waals surface area contributed by atoms with Gasteiger partial charge in [0.25, 0.3) is 0 Å². The van der Waals surface area contributed by atoms with Crippen LogP contribution in [0.2, 0.25) is 0 Å². The van der Waals surface area contributed by atoms with Crippen LogP contribution in [0.1, 0.15) is 0 Å². The van der Waals surface area contributed by atoms with Crippen molar-refractivity contribution in [2.24, 2.45) is 5.10 Å². The third-order valence-corrected chi connectivity index (χ3v) is 1.61. The Bertz CT molecular complexity index is 200. The van der Waals surface area contributed by atoms with E-state index in [4.69, 9.17) is 0 Å². The van der Waals surface area contributed by atoms with Gasteiger partial charge in [0.1, 0.15) is 12.5 Å². The normalized spacial score (nSPS) is 23.0. The smallest absolute Gasteiger partial charge is 0.240 e. The topological polar surface area (TPSA) is 56.7 Å². The first-order valence-electron chi connectivity index (χ1n) is 3.17. The van der Waals surface area contributed by atoms with Crippen LogP contribution in [0.25, 0.3) is 0 Å². The van der Waals surface area contributed by atoms with Crippen molar-refractivity contribution in [2.45, 2.75) is 0 Å². The van der Waals surface area contributed by atoms with E-state index in [0.717, 1.165) is 5.84 Å². The SMILES string of the molecule is O=C1CN2CNN=C2CN1. The highest BCUT2D eigenvalue weighted by atomic mass is 16.2. The number of fused-ring (bicyclic) bond motifs is 1. The van der Waals surface area contributed by atoms with Gasteiger partial charge in [-0.3, -0.25) is 10.2 Å². The first-order valence-corrected chi connectivity index (χ1v) is 3.17. The molecule has 1 fully saturated rings. The Hall–Kier alpha value is -1.26. The van der Waals surface area contributed by atoms with E-state index in [2.05, 4.69) is 15.8 Å². The van der Waals surface area contributed by atoms with E-state index >= 15 is 0 Å². The van der Waals surface area contributed by atoms with Crippen LogP contribution >= 0.6 is 0 Å². The van der Waals surface area contributed by atoms with Crippen molar-refractivity contribution in [2.75, 3.05) is 19.8 Å². The van der Waals surface area contributed by atoms with E-state index in [0.29, 0.717) is 19.8 Å². The number of amides is 1. The first-order chi connectivity index (χ1) is 4.86. The van der Waals surface area contributed by atoms with Crippen molar-refractivity contribution >= 4 is 11.7 Å². The van der Waals surface area contributed by atoms with Crippen LogP contribution in [-0.4, -0.2) is 36.4 Å². The Kier molecular flexibility index (Phi) is 1.03. The zero-order valence-electron chi connectivity index (χ0n) is 5.42. The molecule has 0 aromatic heterocycles. The van der Waals surface area contributed by atoms with E-state index in [1.165, 1.54) is 0 Å². The predicted molar refractivity (Wildman–Crippen MR) is 35.2 cm³/mol. The van der Waals surface area contributed by atoms with Crippen LogP contribution in [0.4, 0.5) is 0 Å². The standard InChI is InChI=1S/C5H8N4O/c10-5-2-9-3-7-8-4(9)1-6-5/h7H,1-3H2,(H,6,10). The van der Waals surface area contributed by atoms with Crippen molar-refractivity contribution in [3.63, 3.8) is 0 Å². The van der Waals surface area contributed by atoms with Gasteiger partial charge in [0.2, 0.25) is 5.91 Å². The molecule has 0 unspecified atom stereocenters. The van der Waals surface area contributed by atoms with Crippen molar-refractivity contribution in [3.05, 3.63) is 0 Å². The molecule has 2 N–H and O–H groups in total. The molecule has 54 valence electrons. The van der Waals surface area contributed by atoms with Gasteiger partial charge in [0.05, 0.1) is 13.1 Å². The van der Waals surface area contributed by atoms with E-state index in [9.17, 15) is 4.79 Å². The molecule has 0 aromatic rings. The highest BCUT2D eigenvalue weighted by Crippen LogP contribution is 1.99. The van der Waals surface area contributed by atoms with Gasteiger partial charge in [0, 0.05) is 0 Å². The predicted octanol–water partition coefficient (Wildman–Crippen LogP) is -1.71. The third kappa shape index (κ3) is 0.706. The van der Waals surface area contributed by atoms with Gasteiger partial charge in [-0.15, -0.1) is 0 Å². The Labute approximate surface area is 58.1 Å². The minimum Gasteiger partial charge on any atom is -0.347 e. The molecule has 10 heavy (non-hydrogen) atoms. The molecule has 2 rings (SSSR count). The number of piperazine rings is 1. The monoisotopic (exact) mass is 140 g/mol. The first kappa shape index (κ1) is 5.52. The van der Waals surface area contributed by atoms with Crippen molar-refractivity contribution < 1.29 is 4.79 Å². The number of carbonyl (C=O) groups is 1. The van der Waals surface area contributed by atoms with E-state index in [1.807, 2.05) is 4.90 Å². The fraction of sp³-hybridized carbons (Fsp3) is 0.600. The molecular formula is C5H8N4O. The minimum atomic E-state index is 0.0719. The molecule has 0 aliphatic carbocycles. The van der Waals surface area contributed by atoms with Crippen LogP contribution in [-0.2, 0) is 4.79 Å². The summed E-state index contributed by atoms with van der Waals surface area (Å²) in [5.74, 6) is 1.00. The Morgan fingerprint density at radius 2 is 2.50 bits per heavy atom. The summed E-state index contributed by atoms with van der Waals surface area (Å²) in [7, 11) is 0. The number of nitrogens with zero attached hydrogens (tertiary/aromatic N) is 2.